The van der Waals surface area contributed by atoms with Gasteiger partial charge in [0.25, 0.3) is 0 Å². The van der Waals surface area contributed by atoms with Gasteiger partial charge < -0.3 is 5.11 Å². The zero-order chi connectivity index (χ0) is 10.6. The van der Waals surface area contributed by atoms with Crippen LogP contribution in [0.25, 0.3) is 0 Å². The lowest BCUT2D eigenvalue weighted by atomic mass is 10.0. The second kappa shape index (κ2) is 4.66. The first-order valence-corrected chi connectivity index (χ1v) is 4.85. The van der Waals surface area contributed by atoms with E-state index in [1.54, 1.807) is 18.2 Å². The average molecular weight is 189 g/mol. The second-order valence-electron chi connectivity index (χ2n) is 3.89. The predicted octanol–water partition coefficient (Wildman–Crippen LogP) is 2.85. The summed E-state index contributed by atoms with van der Waals surface area (Å²) in [4.78, 5) is 0. The van der Waals surface area contributed by atoms with E-state index in [9.17, 15) is 5.11 Å². The smallest absolute Gasteiger partial charge is 0.118 e. The van der Waals surface area contributed by atoms with Gasteiger partial charge >= 0.3 is 0 Å². The summed E-state index contributed by atoms with van der Waals surface area (Å²) in [6.45, 7) is 4.29. The monoisotopic (exact) mass is 189 g/mol. The lowest BCUT2D eigenvalue weighted by Gasteiger charge is -2.06. The van der Waals surface area contributed by atoms with Crippen molar-refractivity contribution in [2.45, 2.75) is 26.7 Å². The van der Waals surface area contributed by atoms with Gasteiger partial charge in [-0.1, -0.05) is 13.8 Å². The third kappa shape index (κ3) is 2.77. The first-order chi connectivity index (χ1) is 6.63. The van der Waals surface area contributed by atoms with Gasteiger partial charge in [-0.2, -0.15) is 5.26 Å². The Balaban J connectivity index is 2.80. The molecule has 0 bridgehead atoms. The molecule has 0 saturated heterocycles. The standard InChI is InChI=1S/C12H15NO/c1-9(2)3-5-11-7-10(8-13)4-6-12(11)14/h4,6-7,9,14H,3,5H2,1-2H3. The highest BCUT2D eigenvalue weighted by molar-refractivity contribution is 5.41. The number of benzene rings is 1. The first kappa shape index (κ1) is 10.6. The maximum absolute atomic E-state index is 9.53. The fourth-order valence-corrected chi connectivity index (χ4v) is 1.30. The molecule has 0 aliphatic carbocycles. The van der Waals surface area contributed by atoms with Crippen LogP contribution in [-0.4, -0.2) is 5.11 Å². The Bertz CT molecular complexity index is 350. The molecule has 0 atom stereocenters. The summed E-state index contributed by atoms with van der Waals surface area (Å²) in [5.41, 5.74) is 1.49. The Morgan fingerprint density at radius 3 is 2.71 bits per heavy atom. The van der Waals surface area contributed by atoms with Crippen LogP contribution in [0.2, 0.25) is 0 Å². The largest absolute Gasteiger partial charge is 0.508 e. The van der Waals surface area contributed by atoms with Crippen molar-refractivity contribution < 1.29 is 5.11 Å². The summed E-state index contributed by atoms with van der Waals surface area (Å²) in [7, 11) is 0. The summed E-state index contributed by atoms with van der Waals surface area (Å²) in [6, 6.07) is 7.06. The number of aryl methyl sites for hydroxylation is 1. The van der Waals surface area contributed by atoms with Crippen LogP contribution >= 0.6 is 0 Å². The fraction of sp³-hybridized carbons (Fsp3) is 0.417. The van der Waals surface area contributed by atoms with Crippen molar-refractivity contribution in [3.63, 3.8) is 0 Å². The first-order valence-electron chi connectivity index (χ1n) is 4.85. The average Bonchev–Trinajstić information content (AvgIpc) is 2.16. The molecular weight excluding hydrogens is 174 g/mol. The highest BCUT2D eigenvalue weighted by Crippen LogP contribution is 2.21. The Labute approximate surface area is 84.8 Å². The molecule has 2 nitrogen and oxygen atoms in total. The molecule has 14 heavy (non-hydrogen) atoms. The van der Waals surface area contributed by atoms with Gasteiger partial charge in [-0.05, 0) is 42.5 Å². The zero-order valence-corrected chi connectivity index (χ0v) is 8.62. The SMILES string of the molecule is CC(C)CCc1cc(C#N)ccc1O. The van der Waals surface area contributed by atoms with Gasteiger partial charge in [0.15, 0.2) is 0 Å². The third-order valence-electron chi connectivity index (χ3n) is 2.20. The maximum atomic E-state index is 9.53. The lowest BCUT2D eigenvalue weighted by Crippen LogP contribution is -1.93. The predicted molar refractivity (Wildman–Crippen MR) is 56.0 cm³/mol. The van der Waals surface area contributed by atoms with E-state index < -0.39 is 0 Å². The minimum absolute atomic E-state index is 0.296. The van der Waals surface area contributed by atoms with Crippen LogP contribution in [0.5, 0.6) is 5.75 Å². The van der Waals surface area contributed by atoms with Gasteiger partial charge in [-0.3, -0.25) is 0 Å². The van der Waals surface area contributed by atoms with E-state index in [2.05, 4.69) is 19.9 Å². The molecule has 0 saturated carbocycles. The molecule has 1 aromatic rings. The van der Waals surface area contributed by atoms with Gasteiger partial charge in [0.1, 0.15) is 5.75 Å². The van der Waals surface area contributed by atoms with Crippen LogP contribution < -0.4 is 0 Å². The van der Waals surface area contributed by atoms with Crippen molar-refractivity contribution in [3.8, 4) is 11.8 Å². The van der Waals surface area contributed by atoms with E-state index in [0.717, 1.165) is 18.4 Å². The summed E-state index contributed by atoms with van der Waals surface area (Å²) < 4.78 is 0. The zero-order valence-electron chi connectivity index (χ0n) is 8.62. The molecule has 0 heterocycles. The molecule has 0 fully saturated rings. The third-order valence-corrected chi connectivity index (χ3v) is 2.20. The molecule has 0 aromatic heterocycles. The topological polar surface area (TPSA) is 44.0 Å². The summed E-state index contributed by atoms with van der Waals surface area (Å²) in [5.74, 6) is 0.907. The molecule has 0 spiro atoms. The number of hydrogen-bond acceptors (Lipinski definition) is 2. The van der Waals surface area contributed by atoms with Crippen molar-refractivity contribution in [2.24, 2.45) is 5.92 Å². The summed E-state index contributed by atoms with van der Waals surface area (Å²) in [5, 5.41) is 18.2. The highest BCUT2D eigenvalue weighted by Gasteiger charge is 2.03. The quantitative estimate of drug-likeness (QED) is 0.794. The summed E-state index contributed by atoms with van der Waals surface area (Å²) in [6.07, 6.45) is 1.86. The number of nitrogens with zero attached hydrogens (tertiary/aromatic N) is 1. The highest BCUT2D eigenvalue weighted by atomic mass is 16.3. The van der Waals surface area contributed by atoms with E-state index in [1.807, 2.05) is 0 Å². The van der Waals surface area contributed by atoms with E-state index in [1.165, 1.54) is 0 Å². The van der Waals surface area contributed by atoms with E-state index in [-0.39, 0.29) is 0 Å². The Hall–Kier alpha value is -1.49. The van der Waals surface area contributed by atoms with E-state index in [0.29, 0.717) is 17.2 Å². The number of aromatic hydroxyl groups is 1. The van der Waals surface area contributed by atoms with E-state index in [4.69, 9.17) is 5.26 Å². The molecule has 0 aliphatic rings. The molecule has 74 valence electrons. The molecule has 0 amide bonds. The Morgan fingerprint density at radius 2 is 2.14 bits per heavy atom. The number of hydrogen-bond donors (Lipinski definition) is 1. The fourth-order valence-electron chi connectivity index (χ4n) is 1.30. The number of nitriles is 1. The Morgan fingerprint density at radius 1 is 1.43 bits per heavy atom. The number of phenols is 1. The normalized spacial score (nSPS) is 10.1. The minimum Gasteiger partial charge on any atom is -0.508 e. The maximum Gasteiger partial charge on any atom is 0.118 e. The van der Waals surface area contributed by atoms with Gasteiger partial charge in [-0.15, -0.1) is 0 Å². The van der Waals surface area contributed by atoms with Crippen molar-refractivity contribution in [3.05, 3.63) is 29.3 Å². The molecule has 1 rings (SSSR count). The second-order valence-corrected chi connectivity index (χ2v) is 3.89. The van der Waals surface area contributed by atoms with Crippen molar-refractivity contribution in [2.75, 3.05) is 0 Å². The van der Waals surface area contributed by atoms with Gasteiger partial charge in [0, 0.05) is 0 Å². The van der Waals surface area contributed by atoms with Gasteiger partial charge in [0.05, 0.1) is 11.6 Å². The number of rotatable bonds is 3. The van der Waals surface area contributed by atoms with Crippen molar-refractivity contribution in [1.29, 1.82) is 5.26 Å². The van der Waals surface area contributed by atoms with Gasteiger partial charge in [-0.25, -0.2) is 0 Å². The molecule has 2 heteroatoms. The van der Waals surface area contributed by atoms with Crippen LogP contribution in [-0.2, 0) is 6.42 Å². The van der Waals surface area contributed by atoms with Crippen LogP contribution in [0.3, 0.4) is 0 Å². The molecule has 1 N–H and O–H groups in total. The molecular formula is C12H15NO. The van der Waals surface area contributed by atoms with Crippen molar-refractivity contribution in [1.82, 2.24) is 0 Å². The van der Waals surface area contributed by atoms with E-state index >= 15 is 0 Å². The van der Waals surface area contributed by atoms with Gasteiger partial charge in [0.2, 0.25) is 0 Å². The lowest BCUT2D eigenvalue weighted by molar-refractivity contribution is 0.463. The molecule has 0 aliphatic heterocycles. The van der Waals surface area contributed by atoms with Crippen LogP contribution in [0.15, 0.2) is 18.2 Å². The molecule has 1 aromatic carbocycles. The van der Waals surface area contributed by atoms with Crippen LogP contribution in [0.4, 0.5) is 0 Å². The minimum atomic E-state index is 0.296. The van der Waals surface area contributed by atoms with Crippen LogP contribution in [0, 0.1) is 17.2 Å². The molecule has 0 radical (unpaired) electrons. The number of phenolic OH excluding ortho intramolecular Hbond substituents is 1. The Kier molecular flexibility index (Phi) is 3.53. The van der Waals surface area contributed by atoms with Crippen molar-refractivity contribution >= 4 is 0 Å². The van der Waals surface area contributed by atoms with Crippen LogP contribution in [0.1, 0.15) is 31.4 Å². The molecule has 0 unspecified atom stereocenters. The summed E-state index contributed by atoms with van der Waals surface area (Å²) >= 11 is 0.